The molecule has 0 radical (unpaired) electrons. The first-order valence-electron chi connectivity index (χ1n) is 5.50. The molecule has 90 valence electrons. The molecule has 0 spiro atoms. The Kier molecular flexibility index (Phi) is 4.34. The fourth-order valence-electron chi connectivity index (χ4n) is 2.14. The van der Waals surface area contributed by atoms with Gasteiger partial charge in [-0.05, 0) is 36.8 Å². The Morgan fingerprint density at radius 1 is 1.44 bits per heavy atom. The van der Waals surface area contributed by atoms with Crippen molar-refractivity contribution in [3.05, 3.63) is 34.6 Å². The number of hydrogen-bond acceptors (Lipinski definition) is 1. The van der Waals surface area contributed by atoms with Gasteiger partial charge in [-0.1, -0.05) is 37.6 Å². The zero-order valence-electron chi connectivity index (χ0n) is 10.1. The second-order valence-electron chi connectivity index (χ2n) is 5.24. The number of rotatable bonds is 4. The fraction of sp³-hybridized carbons (Fsp3) is 0.538. The van der Waals surface area contributed by atoms with Crippen molar-refractivity contribution in [1.29, 1.82) is 0 Å². The normalized spacial score (nSPS) is 13.9. The highest BCUT2D eigenvalue weighted by molar-refractivity contribution is 6.30. The summed E-state index contributed by atoms with van der Waals surface area (Å²) in [7, 11) is 0. The van der Waals surface area contributed by atoms with Crippen molar-refractivity contribution in [2.75, 3.05) is 0 Å². The van der Waals surface area contributed by atoms with Gasteiger partial charge < -0.3 is 5.73 Å². The van der Waals surface area contributed by atoms with E-state index in [9.17, 15) is 4.39 Å². The molecule has 0 bridgehead atoms. The third kappa shape index (κ3) is 3.76. The van der Waals surface area contributed by atoms with Crippen molar-refractivity contribution in [3.8, 4) is 0 Å². The van der Waals surface area contributed by atoms with E-state index in [1.807, 2.05) is 6.92 Å². The van der Waals surface area contributed by atoms with E-state index in [0.717, 1.165) is 6.42 Å². The van der Waals surface area contributed by atoms with Crippen molar-refractivity contribution in [1.82, 2.24) is 0 Å². The van der Waals surface area contributed by atoms with E-state index in [4.69, 9.17) is 17.3 Å². The SMILES string of the molecule is CC(N)CC(C)(C)Cc1cccc(Cl)c1F. The minimum atomic E-state index is -0.304. The lowest BCUT2D eigenvalue weighted by Gasteiger charge is -2.27. The molecule has 0 aliphatic heterocycles. The van der Waals surface area contributed by atoms with Gasteiger partial charge in [0.05, 0.1) is 5.02 Å². The molecule has 0 aromatic heterocycles. The van der Waals surface area contributed by atoms with E-state index in [0.29, 0.717) is 12.0 Å². The lowest BCUT2D eigenvalue weighted by molar-refractivity contribution is 0.305. The van der Waals surface area contributed by atoms with Gasteiger partial charge in [0.2, 0.25) is 0 Å². The molecule has 0 amide bonds. The Morgan fingerprint density at radius 3 is 2.62 bits per heavy atom. The van der Waals surface area contributed by atoms with Crippen LogP contribution in [0.4, 0.5) is 4.39 Å². The average Bonchev–Trinajstić information content (AvgIpc) is 2.10. The Balaban J connectivity index is 2.83. The summed E-state index contributed by atoms with van der Waals surface area (Å²) in [6, 6.07) is 5.25. The Morgan fingerprint density at radius 2 is 2.06 bits per heavy atom. The standard InChI is InChI=1S/C13H19ClFN/c1-9(16)7-13(2,3)8-10-5-4-6-11(14)12(10)15/h4-6,9H,7-8,16H2,1-3H3. The van der Waals surface area contributed by atoms with Crippen LogP contribution in [0.15, 0.2) is 18.2 Å². The van der Waals surface area contributed by atoms with Crippen LogP contribution in [-0.2, 0) is 6.42 Å². The molecule has 1 unspecified atom stereocenters. The second kappa shape index (κ2) is 5.15. The van der Waals surface area contributed by atoms with Crippen molar-refractivity contribution in [2.24, 2.45) is 11.1 Å². The maximum Gasteiger partial charge on any atom is 0.144 e. The monoisotopic (exact) mass is 243 g/mol. The van der Waals surface area contributed by atoms with Crippen molar-refractivity contribution < 1.29 is 4.39 Å². The highest BCUT2D eigenvalue weighted by Crippen LogP contribution is 2.29. The van der Waals surface area contributed by atoms with Gasteiger partial charge >= 0.3 is 0 Å². The van der Waals surface area contributed by atoms with Crippen molar-refractivity contribution in [2.45, 2.75) is 39.7 Å². The fourth-order valence-corrected chi connectivity index (χ4v) is 2.34. The molecule has 3 heteroatoms. The largest absolute Gasteiger partial charge is 0.328 e. The molecule has 1 aromatic rings. The molecule has 1 aromatic carbocycles. The lowest BCUT2D eigenvalue weighted by Crippen LogP contribution is -2.27. The summed E-state index contributed by atoms with van der Waals surface area (Å²) >= 11 is 5.75. The number of halogens is 2. The average molecular weight is 244 g/mol. The summed E-state index contributed by atoms with van der Waals surface area (Å²) in [5.74, 6) is -0.304. The summed E-state index contributed by atoms with van der Waals surface area (Å²) in [6.45, 7) is 6.16. The molecular weight excluding hydrogens is 225 g/mol. The van der Waals surface area contributed by atoms with E-state index in [2.05, 4.69) is 13.8 Å². The molecule has 1 rings (SSSR count). The minimum absolute atomic E-state index is 0.0142. The third-order valence-corrected chi connectivity index (χ3v) is 2.87. The first kappa shape index (κ1) is 13.5. The molecule has 0 aliphatic rings. The van der Waals surface area contributed by atoms with Crippen LogP contribution in [0.1, 0.15) is 32.8 Å². The van der Waals surface area contributed by atoms with Crippen LogP contribution in [0.25, 0.3) is 0 Å². The van der Waals surface area contributed by atoms with Crippen LogP contribution in [0, 0.1) is 11.2 Å². The molecule has 0 saturated heterocycles. The Labute approximate surface area is 102 Å². The van der Waals surface area contributed by atoms with Crippen molar-refractivity contribution in [3.63, 3.8) is 0 Å². The number of benzene rings is 1. The number of nitrogens with two attached hydrogens (primary N) is 1. The lowest BCUT2D eigenvalue weighted by atomic mass is 9.80. The highest BCUT2D eigenvalue weighted by Gasteiger charge is 2.22. The van der Waals surface area contributed by atoms with E-state index < -0.39 is 0 Å². The van der Waals surface area contributed by atoms with Gasteiger partial charge in [0.25, 0.3) is 0 Å². The van der Waals surface area contributed by atoms with E-state index in [1.54, 1.807) is 18.2 Å². The molecule has 0 fully saturated rings. The molecule has 16 heavy (non-hydrogen) atoms. The Bertz CT molecular complexity index is 361. The predicted molar refractivity (Wildman–Crippen MR) is 67.2 cm³/mol. The van der Waals surface area contributed by atoms with Crippen LogP contribution < -0.4 is 5.73 Å². The summed E-state index contributed by atoms with van der Waals surface area (Å²) in [4.78, 5) is 0. The smallest absolute Gasteiger partial charge is 0.144 e. The van der Waals surface area contributed by atoms with Crippen LogP contribution in [0.2, 0.25) is 5.02 Å². The van der Waals surface area contributed by atoms with Crippen LogP contribution in [0.3, 0.4) is 0 Å². The zero-order valence-corrected chi connectivity index (χ0v) is 10.8. The van der Waals surface area contributed by atoms with E-state index in [-0.39, 0.29) is 22.3 Å². The Hall–Kier alpha value is -0.600. The van der Waals surface area contributed by atoms with E-state index >= 15 is 0 Å². The molecular formula is C13H19ClFN. The van der Waals surface area contributed by atoms with Crippen LogP contribution in [-0.4, -0.2) is 6.04 Å². The predicted octanol–water partition coefficient (Wildman–Crippen LogP) is 3.79. The molecule has 0 aliphatic carbocycles. The van der Waals surface area contributed by atoms with Gasteiger partial charge in [-0.2, -0.15) is 0 Å². The van der Waals surface area contributed by atoms with Gasteiger partial charge in [0.1, 0.15) is 5.82 Å². The quantitative estimate of drug-likeness (QED) is 0.856. The van der Waals surface area contributed by atoms with Crippen LogP contribution in [0.5, 0.6) is 0 Å². The second-order valence-corrected chi connectivity index (χ2v) is 5.64. The summed E-state index contributed by atoms with van der Waals surface area (Å²) in [5, 5.41) is 0.189. The molecule has 0 saturated carbocycles. The first-order valence-corrected chi connectivity index (χ1v) is 5.88. The molecule has 1 nitrogen and oxygen atoms in total. The summed E-state index contributed by atoms with van der Waals surface area (Å²) in [5.41, 5.74) is 6.43. The maximum absolute atomic E-state index is 13.7. The van der Waals surface area contributed by atoms with Gasteiger partial charge in [-0.3, -0.25) is 0 Å². The minimum Gasteiger partial charge on any atom is -0.328 e. The molecule has 1 atom stereocenters. The van der Waals surface area contributed by atoms with E-state index in [1.165, 1.54) is 0 Å². The highest BCUT2D eigenvalue weighted by atomic mass is 35.5. The molecule has 0 heterocycles. The van der Waals surface area contributed by atoms with Gasteiger partial charge in [0.15, 0.2) is 0 Å². The summed E-state index contributed by atoms with van der Waals surface area (Å²) < 4.78 is 13.7. The van der Waals surface area contributed by atoms with Gasteiger partial charge in [0, 0.05) is 6.04 Å². The first-order chi connectivity index (χ1) is 7.32. The van der Waals surface area contributed by atoms with Crippen LogP contribution >= 0.6 is 11.6 Å². The molecule has 2 N–H and O–H groups in total. The zero-order chi connectivity index (χ0) is 12.3. The number of hydrogen-bond donors (Lipinski definition) is 1. The summed E-state index contributed by atoms with van der Waals surface area (Å²) in [6.07, 6.45) is 1.51. The topological polar surface area (TPSA) is 26.0 Å². The maximum atomic E-state index is 13.7. The van der Waals surface area contributed by atoms with Crippen molar-refractivity contribution >= 4 is 11.6 Å². The van der Waals surface area contributed by atoms with Gasteiger partial charge in [-0.25, -0.2) is 4.39 Å². The third-order valence-electron chi connectivity index (χ3n) is 2.58. The van der Waals surface area contributed by atoms with Gasteiger partial charge in [-0.15, -0.1) is 0 Å².